The number of allylic oxidation sites excluding steroid dienone is 2. The highest BCUT2D eigenvalue weighted by molar-refractivity contribution is 5.69. The molecule has 6 unspecified atom stereocenters. The molecule has 0 aromatic rings. The summed E-state index contributed by atoms with van der Waals surface area (Å²) in [6, 6.07) is 0. The maximum absolute atomic E-state index is 12.8. The van der Waals surface area contributed by atoms with Crippen LogP contribution in [0.3, 0.4) is 0 Å². The number of ether oxygens (including phenoxy) is 5. The van der Waals surface area contributed by atoms with Gasteiger partial charge in [0.05, 0.1) is 37.6 Å². The van der Waals surface area contributed by atoms with E-state index in [4.69, 9.17) is 23.7 Å². The second-order valence-electron chi connectivity index (χ2n) is 13.9. The van der Waals surface area contributed by atoms with Crippen LogP contribution in [0.15, 0.2) is 12.2 Å². The standard InChI is InChI=1S/C36H60O12/c1-23-17-15-13-11-9-7-5-4-6-8-10-12-14-16-18-30(39)48-35-27(22-45-25(3)38)20-28(32(41)34(35)43)47-36-29(46-23)19-26(21-44-24(2)37)31(40)33(36)42/h4-5,23,26-29,31-36,40-43H,6-22H2,1-3H3/b5-4-/t23?,26?,27?,28-,29-,31-,32-,33?,34?,35-,36?/m1/s1. The Morgan fingerprint density at radius 1 is 0.688 bits per heavy atom. The molecule has 48 heavy (non-hydrogen) atoms. The number of hydrogen-bond donors (Lipinski definition) is 4. The summed E-state index contributed by atoms with van der Waals surface area (Å²) in [5.41, 5.74) is 0. The van der Waals surface area contributed by atoms with Crippen LogP contribution in [-0.4, -0.2) is 106 Å². The molecule has 4 rings (SSSR count). The Kier molecular flexibility index (Phi) is 17.8. The van der Waals surface area contributed by atoms with Crippen molar-refractivity contribution < 1.29 is 58.5 Å². The van der Waals surface area contributed by atoms with Crippen molar-refractivity contribution in [2.24, 2.45) is 11.8 Å². The summed E-state index contributed by atoms with van der Waals surface area (Å²) in [6.45, 7) is 4.18. The number of esters is 3. The number of aliphatic hydroxyl groups is 4. The molecule has 4 aliphatic rings. The van der Waals surface area contributed by atoms with E-state index < -0.39 is 78.6 Å². The quantitative estimate of drug-likeness (QED) is 0.192. The van der Waals surface area contributed by atoms with E-state index in [9.17, 15) is 34.8 Å². The molecule has 2 aliphatic carbocycles. The summed E-state index contributed by atoms with van der Waals surface area (Å²) in [5.74, 6) is -2.88. The van der Waals surface area contributed by atoms with Gasteiger partial charge in [-0.3, -0.25) is 14.4 Å². The average Bonchev–Trinajstić information content (AvgIpc) is 3.03. The minimum Gasteiger partial charge on any atom is -0.465 e. The number of fused-ring (bicyclic) bond motifs is 19. The van der Waals surface area contributed by atoms with Crippen LogP contribution in [0.25, 0.3) is 0 Å². The van der Waals surface area contributed by atoms with Crippen molar-refractivity contribution in [3.8, 4) is 0 Å². The van der Waals surface area contributed by atoms with E-state index in [0.29, 0.717) is 6.42 Å². The molecule has 4 N–H and O–H groups in total. The van der Waals surface area contributed by atoms with Gasteiger partial charge < -0.3 is 44.1 Å². The largest absolute Gasteiger partial charge is 0.465 e. The highest BCUT2D eigenvalue weighted by atomic mass is 16.6. The number of aliphatic hydroxyl groups excluding tert-OH is 4. The molecule has 0 radical (unpaired) electrons. The Hall–Kier alpha value is -2.09. The molecule has 0 aromatic carbocycles. The molecular weight excluding hydrogens is 624 g/mol. The normalized spacial score (nSPS) is 37.8. The molecule has 0 amide bonds. The number of carbonyl (C=O) groups excluding carboxylic acids is 3. The summed E-state index contributed by atoms with van der Waals surface area (Å²) >= 11 is 0. The van der Waals surface area contributed by atoms with Gasteiger partial charge in [-0.2, -0.15) is 0 Å². The molecule has 2 fully saturated rings. The van der Waals surface area contributed by atoms with Gasteiger partial charge in [0.2, 0.25) is 0 Å². The maximum atomic E-state index is 12.8. The fraction of sp³-hybridized carbons (Fsp3) is 0.861. The summed E-state index contributed by atoms with van der Waals surface area (Å²) in [5, 5.41) is 44.8. The summed E-state index contributed by atoms with van der Waals surface area (Å²) < 4.78 is 28.8. The van der Waals surface area contributed by atoms with E-state index >= 15 is 0 Å². The van der Waals surface area contributed by atoms with Crippen LogP contribution in [-0.2, 0) is 38.1 Å². The van der Waals surface area contributed by atoms with Gasteiger partial charge in [-0.05, 0) is 58.3 Å². The fourth-order valence-electron chi connectivity index (χ4n) is 7.04. The van der Waals surface area contributed by atoms with Crippen molar-refractivity contribution in [1.29, 1.82) is 0 Å². The molecule has 11 atom stereocenters. The first kappa shape index (κ1) is 40.3. The lowest BCUT2D eigenvalue weighted by Gasteiger charge is -2.47. The molecule has 12 nitrogen and oxygen atoms in total. The third-order valence-electron chi connectivity index (χ3n) is 9.80. The van der Waals surface area contributed by atoms with Gasteiger partial charge in [0.25, 0.3) is 0 Å². The Morgan fingerprint density at radius 3 is 1.88 bits per heavy atom. The van der Waals surface area contributed by atoms with Crippen molar-refractivity contribution >= 4 is 17.9 Å². The van der Waals surface area contributed by atoms with Crippen LogP contribution in [0.2, 0.25) is 0 Å². The van der Waals surface area contributed by atoms with Crippen LogP contribution < -0.4 is 0 Å². The van der Waals surface area contributed by atoms with Gasteiger partial charge in [0.15, 0.2) is 0 Å². The number of rotatable bonds is 4. The van der Waals surface area contributed by atoms with Crippen LogP contribution in [0, 0.1) is 11.8 Å². The average molecular weight is 685 g/mol. The predicted octanol–water partition coefficient (Wildman–Crippen LogP) is 3.68. The van der Waals surface area contributed by atoms with Gasteiger partial charge in [0.1, 0.15) is 30.5 Å². The van der Waals surface area contributed by atoms with E-state index in [2.05, 4.69) is 12.2 Å². The molecule has 2 bridgehead atoms. The number of hydrogen-bond acceptors (Lipinski definition) is 12. The van der Waals surface area contributed by atoms with Gasteiger partial charge in [-0.25, -0.2) is 0 Å². The zero-order chi connectivity index (χ0) is 35.1. The topological polar surface area (TPSA) is 178 Å². The molecular formula is C36H60O12. The first-order valence-corrected chi connectivity index (χ1v) is 18.1. The van der Waals surface area contributed by atoms with E-state index in [1.165, 1.54) is 13.8 Å². The van der Waals surface area contributed by atoms with Crippen LogP contribution in [0.1, 0.15) is 117 Å². The first-order chi connectivity index (χ1) is 23.0. The van der Waals surface area contributed by atoms with Gasteiger partial charge in [0, 0.05) is 32.1 Å². The summed E-state index contributed by atoms with van der Waals surface area (Å²) in [7, 11) is 0. The van der Waals surface area contributed by atoms with Crippen molar-refractivity contribution in [3.05, 3.63) is 12.2 Å². The molecule has 0 spiro atoms. The maximum Gasteiger partial charge on any atom is 0.306 e. The van der Waals surface area contributed by atoms with Gasteiger partial charge >= 0.3 is 17.9 Å². The van der Waals surface area contributed by atoms with Crippen molar-refractivity contribution in [2.75, 3.05) is 13.2 Å². The molecule has 2 aliphatic heterocycles. The Morgan fingerprint density at radius 2 is 1.23 bits per heavy atom. The highest BCUT2D eigenvalue weighted by Crippen LogP contribution is 2.37. The zero-order valence-electron chi connectivity index (χ0n) is 29.1. The molecule has 12 heteroatoms. The monoisotopic (exact) mass is 684 g/mol. The van der Waals surface area contributed by atoms with E-state index in [1.807, 2.05) is 6.92 Å². The highest BCUT2D eigenvalue weighted by Gasteiger charge is 2.51. The third kappa shape index (κ3) is 13.3. The molecule has 0 aromatic heterocycles. The molecule has 276 valence electrons. The van der Waals surface area contributed by atoms with Gasteiger partial charge in [-0.15, -0.1) is 0 Å². The molecule has 0 saturated heterocycles. The Bertz CT molecular complexity index is 1000. The summed E-state index contributed by atoms with van der Waals surface area (Å²) in [4.78, 5) is 36.0. The number of carbonyl (C=O) groups is 3. The van der Waals surface area contributed by atoms with Crippen LogP contribution in [0.5, 0.6) is 0 Å². The van der Waals surface area contributed by atoms with E-state index in [0.717, 1.165) is 70.6 Å². The van der Waals surface area contributed by atoms with Crippen molar-refractivity contribution in [1.82, 2.24) is 0 Å². The SMILES string of the molecule is CC(=O)OCC1C[C@H]2OC(C)CCCCCC/C=C\CCCCCCCC(=O)O[C@@H]3C(COC(C)=O)C[C@@H](OC2C(O)[C@@H]1O)[C@@H](O)C3O. The van der Waals surface area contributed by atoms with Crippen LogP contribution in [0.4, 0.5) is 0 Å². The van der Waals surface area contributed by atoms with Crippen molar-refractivity contribution in [3.63, 3.8) is 0 Å². The van der Waals surface area contributed by atoms with Crippen molar-refractivity contribution in [2.45, 2.75) is 172 Å². The second kappa shape index (κ2) is 21.2. The molecule has 2 saturated carbocycles. The van der Waals surface area contributed by atoms with Gasteiger partial charge in [-0.1, -0.05) is 50.7 Å². The zero-order valence-corrected chi connectivity index (χ0v) is 29.1. The second-order valence-corrected chi connectivity index (χ2v) is 13.9. The predicted molar refractivity (Wildman–Crippen MR) is 176 cm³/mol. The lowest BCUT2D eigenvalue weighted by atomic mass is 9.78. The van der Waals surface area contributed by atoms with Crippen LogP contribution >= 0.6 is 0 Å². The molecule has 2 heterocycles. The Balaban J connectivity index is 1.81. The summed E-state index contributed by atoms with van der Waals surface area (Å²) in [6.07, 6.45) is 6.70. The minimum atomic E-state index is -1.56. The fourth-order valence-corrected chi connectivity index (χ4v) is 7.04. The lowest BCUT2D eigenvalue weighted by Crippen LogP contribution is -2.62. The van der Waals surface area contributed by atoms with E-state index in [-0.39, 0.29) is 38.6 Å². The third-order valence-corrected chi connectivity index (χ3v) is 9.80. The first-order valence-electron chi connectivity index (χ1n) is 18.1. The smallest absolute Gasteiger partial charge is 0.306 e. The Labute approximate surface area is 285 Å². The van der Waals surface area contributed by atoms with E-state index in [1.54, 1.807) is 0 Å². The minimum absolute atomic E-state index is 0.0381. The lowest BCUT2D eigenvalue weighted by molar-refractivity contribution is -0.254.